The number of benzene rings is 4. The molecule has 428 valence electrons. The summed E-state index contributed by atoms with van der Waals surface area (Å²) in [5, 5.41) is 38.0. The van der Waals surface area contributed by atoms with Crippen LogP contribution in [-0.2, 0) is 39.0 Å². The van der Waals surface area contributed by atoms with Crippen LogP contribution >= 0.6 is 24.1 Å². The summed E-state index contributed by atoms with van der Waals surface area (Å²) in [6, 6.07) is 21.8. The normalized spacial score (nSPS) is 14.8. The Morgan fingerprint density at radius 2 is 0.988 bits per heavy atom. The monoisotopic (exact) mass is 1180 g/mol. The predicted molar refractivity (Wildman–Crippen MR) is 303 cm³/mol. The third kappa shape index (κ3) is 17.5. The van der Waals surface area contributed by atoms with Gasteiger partial charge in [-0.1, -0.05) is 46.5 Å². The number of hydrogen-bond donors (Lipinski definition) is 8. The number of likely N-dealkylation sites (N-methyl/N-ethyl adjacent to an activating group) is 2. The first-order valence-corrected chi connectivity index (χ1v) is 29.0. The van der Waals surface area contributed by atoms with Crippen molar-refractivity contribution < 1.29 is 55.2 Å². The predicted octanol–water partition coefficient (Wildman–Crippen LogP) is 5.92. The van der Waals surface area contributed by atoms with Gasteiger partial charge in [-0.25, -0.2) is 10.5 Å². The molecule has 8 rings (SSSR count). The average molecular weight is 1180 g/mol. The summed E-state index contributed by atoms with van der Waals surface area (Å²) in [4.78, 5) is 41.2. The van der Waals surface area contributed by atoms with Gasteiger partial charge in [-0.15, -0.1) is 8.67 Å². The number of rotatable bonds is 26. The van der Waals surface area contributed by atoms with Gasteiger partial charge in [0.1, 0.15) is 4.90 Å². The Bertz CT molecular complexity index is 3320. The number of nitrogens with one attached hydrogen (secondary N) is 4. The zero-order chi connectivity index (χ0) is 56.8. The Kier molecular flexibility index (Phi) is 20.8. The third-order valence-corrected chi connectivity index (χ3v) is 15.3. The van der Waals surface area contributed by atoms with Gasteiger partial charge in [0, 0.05) is 111 Å². The Morgan fingerprint density at radius 1 is 0.537 bits per heavy atom. The maximum absolute atomic E-state index is 13.0. The van der Waals surface area contributed by atoms with Gasteiger partial charge in [0.2, 0.25) is 35.7 Å². The van der Waals surface area contributed by atoms with E-state index in [2.05, 4.69) is 70.2 Å². The summed E-state index contributed by atoms with van der Waals surface area (Å²) in [7, 11) is -1.24. The number of anilines is 10. The van der Waals surface area contributed by atoms with E-state index in [1.54, 1.807) is 60.7 Å². The quantitative estimate of drug-likeness (QED) is 0.0103. The summed E-state index contributed by atoms with van der Waals surface area (Å²) in [6.45, 7) is 9.14. The Morgan fingerprint density at radius 3 is 1.48 bits per heavy atom. The zero-order valence-electron chi connectivity index (χ0n) is 43.8. The molecule has 0 unspecified atom stereocenters. The van der Waals surface area contributed by atoms with E-state index in [0.29, 0.717) is 76.8 Å². The summed E-state index contributed by atoms with van der Waals surface area (Å²) >= 11 is 1.42. The maximum atomic E-state index is 13.0. The fourth-order valence-electron chi connectivity index (χ4n) is 8.22. The molecule has 0 spiro atoms. The third-order valence-electron chi connectivity index (χ3n) is 12.3. The van der Waals surface area contributed by atoms with Crippen molar-refractivity contribution in [3.8, 4) is 0 Å². The molecule has 2 aromatic heterocycles. The highest BCUT2D eigenvalue weighted by atomic mass is 32.2. The van der Waals surface area contributed by atoms with Crippen LogP contribution in [0.2, 0.25) is 0 Å². The summed E-state index contributed by atoms with van der Waals surface area (Å²) < 4.78 is 79.7. The fourth-order valence-corrected chi connectivity index (χ4v) is 10.4. The standard InChI is InChI=1S/C48H60N16O12S4/c1-59(2)17-19-61-21-25-63(26-22-61)47-55-43(49-35-7-5-9-39(29-35)77-75-73-65)53-46(58-47)52-38-16-14-34(42(32-38)80(70,71)72)12-11-33-13-15-37(31-41(33)78-76-74-66)51-45-54-44(50-36-8-6-10-40(30-36)79(67,68)69)56-48(57-45)64-27-23-62(24-28-64)20-18-60(3)4/h5-16,29-32,65-66H,17-28H2,1-4H3,(H,67,68,69)(H,70,71,72)(H2,49,52,53,55,58)(H2,50,51,54,56,57)/b12-11+. The molecule has 4 aromatic carbocycles. The highest BCUT2D eigenvalue weighted by Crippen LogP contribution is 2.33. The van der Waals surface area contributed by atoms with E-state index in [4.69, 9.17) is 29.8 Å². The van der Waals surface area contributed by atoms with Gasteiger partial charge in [-0.2, -0.15) is 46.7 Å². The highest BCUT2D eigenvalue weighted by molar-refractivity contribution is 7.94. The summed E-state index contributed by atoms with van der Waals surface area (Å²) in [5.74, 6) is 1.11. The second-order valence-corrected chi connectivity index (χ2v) is 23.0. The zero-order valence-corrected chi connectivity index (χ0v) is 47.0. The van der Waals surface area contributed by atoms with Crippen molar-refractivity contribution >= 4 is 115 Å². The van der Waals surface area contributed by atoms with Gasteiger partial charge in [-0.3, -0.25) is 18.9 Å². The van der Waals surface area contributed by atoms with Crippen LogP contribution in [-0.4, -0.2) is 193 Å². The van der Waals surface area contributed by atoms with E-state index in [1.807, 2.05) is 38.0 Å². The molecule has 0 atom stereocenters. The minimum Gasteiger partial charge on any atom is -0.338 e. The fraction of sp³-hybridized carbons (Fsp3) is 0.333. The van der Waals surface area contributed by atoms with Gasteiger partial charge >= 0.3 is 0 Å². The van der Waals surface area contributed by atoms with Gasteiger partial charge < -0.3 is 40.9 Å². The van der Waals surface area contributed by atoms with Crippen LogP contribution in [0.1, 0.15) is 11.1 Å². The lowest BCUT2D eigenvalue weighted by molar-refractivity contribution is -0.432. The van der Waals surface area contributed by atoms with Crippen molar-refractivity contribution in [3.63, 3.8) is 0 Å². The van der Waals surface area contributed by atoms with E-state index in [9.17, 15) is 25.9 Å². The summed E-state index contributed by atoms with van der Waals surface area (Å²) in [6.07, 6.45) is 3.04. The molecule has 80 heavy (non-hydrogen) atoms. The molecule has 2 fully saturated rings. The second kappa shape index (κ2) is 27.8. The van der Waals surface area contributed by atoms with E-state index in [0.717, 1.165) is 64.4 Å². The SMILES string of the molecule is CN(C)CCN1CCN(c2nc(Nc3cccc(S(=O)(=O)O)c3)nc(Nc3ccc(/C=C/c4ccc(Nc5nc(Nc6cccc(SOOO)c6)nc(N6CCN(CCN(C)C)CC6)n5)cc4S(=O)(=O)O)c(SOOO)c3)n2)CC1. The molecule has 2 aliphatic heterocycles. The molecule has 0 aliphatic carbocycles. The number of piperazine rings is 2. The molecule has 0 saturated carbocycles. The van der Waals surface area contributed by atoms with Crippen molar-refractivity contribution in [1.82, 2.24) is 49.5 Å². The average Bonchev–Trinajstić information content (AvgIpc) is 3.42. The van der Waals surface area contributed by atoms with Crippen molar-refractivity contribution in [2.24, 2.45) is 0 Å². The van der Waals surface area contributed by atoms with Gasteiger partial charge in [-0.05, 0) is 100.0 Å². The maximum Gasteiger partial charge on any atom is 0.295 e. The van der Waals surface area contributed by atoms with Crippen LogP contribution in [0.5, 0.6) is 0 Å². The molecule has 2 aliphatic rings. The summed E-state index contributed by atoms with van der Waals surface area (Å²) in [5.41, 5.74) is 2.08. The molecular weight excluding hydrogens is 1120 g/mol. The molecule has 2 saturated heterocycles. The number of hydrogen-bond acceptors (Lipinski definition) is 28. The van der Waals surface area contributed by atoms with Crippen LogP contribution in [0.25, 0.3) is 12.2 Å². The van der Waals surface area contributed by atoms with Crippen LogP contribution in [0.3, 0.4) is 0 Å². The number of aromatic nitrogens is 6. The van der Waals surface area contributed by atoms with E-state index in [1.165, 1.54) is 36.4 Å². The number of nitrogens with zero attached hydrogens (tertiary/aromatic N) is 12. The van der Waals surface area contributed by atoms with Crippen LogP contribution in [0.15, 0.2) is 105 Å². The molecule has 28 nitrogen and oxygen atoms in total. The van der Waals surface area contributed by atoms with Crippen molar-refractivity contribution in [1.29, 1.82) is 0 Å². The topological polar surface area (TPSA) is 331 Å². The van der Waals surface area contributed by atoms with Gasteiger partial charge in [0.25, 0.3) is 20.2 Å². The highest BCUT2D eigenvalue weighted by Gasteiger charge is 2.24. The first-order valence-electron chi connectivity index (χ1n) is 24.6. The first-order chi connectivity index (χ1) is 38.4. The minimum absolute atomic E-state index is 0.0708. The van der Waals surface area contributed by atoms with Crippen LogP contribution in [0.4, 0.5) is 58.4 Å². The lowest BCUT2D eigenvalue weighted by atomic mass is 10.1. The van der Waals surface area contributed by atoms with Crippen LogP contribution < -0.4 is 31.1 Å². The molecular formula is C48H60N16O12S4. The molecule has 0 radical (unpaired) electrons. The molecule has 4 heterocycles. The van der Waals surface area contributed by atoms with E-state index < -0.39 is 25.1 Å². The Hall–Kier alpha value is -6.44. The lowest BCUT2D eigenvalue weighted by Crippen LogP contribution is -2.48. The van der Waals surface area contributed by atoms with Crippen molar-refractivity contribution in [2.75, 3.05) is 138 Å². The lowest BCUT2D eigenvalue weighted by Gasteiger charge is -2.35. The Balaban J connectivity index is 1.04. The van der Waals surface area contributed by atoms with Crippen molar-refractivity contribution in [3.05, 3.63) is 96.1 Å². The minimum atomic E-state index is -4.84. The van der Waals surface area contributed by atoms with Crippen molar-refractivity contribution in [2.45, 2.75) is 19.6 Å². The van der Waals surface area contributed by atoms with Gasteiger partial charge in [0.05, 0.1) is 29.0 Å². The van der Waals surface area contributed by atoms with E-state index in [-0.39, 0.29) is 45.6 Å². The largest absolute Gasteiger partial charge is 0.338 e. The Labute approximate surface area is 470 Å². The molecule has 32 heteroatoms. The smallest absolute Gasteiger partial charge is 0.295 e. The van der Waals surface area contributed by atoms with Gasteiger partial charge in [0.15, 0.2) is 0 Å². The first kappa shape index (κ1) is 59.7. The molecule has 6 aromatic rings. The molecule has 8 N–H and O–H groups in total. The van der Waals surface area contributed by atoms with E-state index >= 15 is 0 Å². The second-order valence-electron chi connectivity index (χ2n) is 18.6. The van der Waals surface area contributed by atoms with Crippen LogP contribution in [0, 0.1) is 0 Å². The molecule has 0 amide bonds. The molecule has 0 bridgehead atoms.